The third-order valence-corrected chi connectivity index (χ3v) is 6.13. The number of hydrogen-bond donors (Lipinski definition) is 2. The molecule has 2 N–H and O–H groups in total. The molecule has 164 valence electrons. The zero-order chi connectivity index (χ0) is 22.8. The van der Waals surface area contributed by atoms with Crippen LogP contribution in [0.4, 0.5) is 16.2 Å². The second-order valence-electron chi connectivity index (χ2n) is 7.90. The number of halogens is 1. The van der Waals surface area contributed by atoms with Crippen molar-refractivity contribution in [2.75, 3.05) is 23.3 Å². The number of benzene rings is 2. The molecule has 0 aliphatic carbocycles. The molecule has 4 amide bonds. The Hall–Kier alpha value is -2.87. The van der Waals surface area contributed by atoms with Crippen LogP contribution in [0.2, 0.25) is 0 Å². The van der Waals surface area contributed by atoms with Crippen molar-refractivity contribution < 1.29 is 14.4 Å². The molecule has 1 heterocycles. The summed E-state index contributed by atoms with van der Waals surface area (Å²) in [6, 6.07) is 14.5. The molecule has 1 fully saturated rings. The minimum Gasteiger partial charge on any atom is -0.369 e. The molecule has 2 aromatic carbocycles. The van der Waals surface area contributed by atoms with Crippen molar-refractivity contribution in [1.29, 1.82) is 0 Å². The van der Waals surface area contributed by atoms with E-state index in [4.69, 9.17) is 0 Å². The van der Waals surface area contributed by atoms with Gasteiger partial charge in [0.2, 0.25) is 5.91 Å². The number of anilines is 2. The summed E-state index contributed by atoms with van der Waals surface area (Å²) < 4.78 is 0.708. The average Bonchev–Trinajstić information content (AvgIpc) is 2.93. The van der Waals surface area contributed by atoms with E-state index in [9.17, 15) is 14.4 Å². The fourth-order valence-corrected chi connectivity index (χ4v) is 4.50. The van der Waals surface area contributed by atoms with Crippen molar-refractivity contribution in [3.05, 3.63) is 58.6 Å². The Kier molecular flexibility index (Phi) is 6.69. The summed E-state index contributed by atoms with van der Waals surface area (Å²) in [5, 5.41) is 5.48. The van der Waals surface area contributed by atoms with Gasteiger partial charge in [0.25, 0.3) is 5.91 Å². The van der Waals surface area contributed by atoms with Gasteiger partial charge in [-0.1, -0.05) is 34.1 Å². The van der Waals surface area contributed by atoms with Gasteiger partial charge in [-0.25, -0.2) is 4.79 Å². The van der Waals surface area contributed by atoms with E-state index < -0.39 is 23.4 Å². The molecule has 0 aromatic heterocycles. The maximum absolute atomic E-state index is 13.0. The molecular weight excluding hydrogens is 460 g/mol. The summed E-state index contributed by atoms with van der Waals surface area (Å²) in [5.74, 6) is -0.908. The summed E-state index contributed by atoms with van der Waals surface area (Å²) in [7, 11) is 0. The van der Waals surface area contributed by atoms with Crippen LogP contribution < -0.4 is 15.5 Å². The Balaban J connectivity index is 1.69. The van der Waals surface area contributed by atoms with Crippen molar-refractivity contribution in [3.8, 4) is 0 Å². The van der Waals surface area contributed by atoms with Gasteiger partial charge in [-0.05, 0) is 58.0 Å². The molecule has 0 bridgehead atoms. The fourth-order valence-electron chi connectivity index (χ4n) is 3.82. The molecule has 1 aliphatic rings. The number of carbonyl (C=O) groups is 3. The number of imide groups is 1. The van der Waals surface area contributed by atoms with Crippen molar-refractivity contribution in [2.24, 2.45) is 0 Å². The number of nitrogens with zero attached hydrogens (tertiary/aromatic N) is 2. The van der Waals surface area contributed by atoms with Crippen LogP contribution in [0.3, 0.4) is 0 Å². The van der Waals surface area contributed by atoms with E-state index in [0.29, 0.717) is 21.8 Å². The number of amides is 4. The normalized spacial score (nSPS) is 18.3. The van der Waals surface area contributed by atoms with E-state index in [-0.39, 0.29) is 6.54 Å². The first kappa shape index (κ1) is 22.8. The molecule has 2 aromatic rings. The number of rotatable bonds is 7. The van der Waals surface area contributed by atoms with Gasteiger partial charge in [0.1, 0.15) is 12.1 Å². The number of urea groups is 1. The van der Waals surface area contributed by atoms with Gasteiger partial charge in [0.05, 0.1) is 0 Å². The Morgan fingerprint density at radius 1 is 1.16 bits per heavy atom. The molecule has 31 heavy (non-hydrogen) atoms. The molecular formula is C23H27BrN4O3. The maximum atomic E-state index is 13.0. The quantitative estimate of drug-likeness (QED) is 0.577. The van der Waals surface area contributed by atoms with E-state index in [1.165, 1.54) is 0 Å². The van der Waals surface area contributed by atoms with E-state index >= 15 is 0 Å². The molecule has 0 radical (unpaired) electrons. The highest BCUT2D eigenvalue weighted by molar-refractivity contribution is 9.10. The zero-order valence-corrected chi connectivity index (χ0v) is 19.7. The van der Waals surface area contributed by atoms with Gasteiger partial charge < -0.3 is 15.5 Å². The van der Waals surface area contributed by atoms with Gasteiger partial charge in [-0.3, -0.25) is 14.5 Å². The molecule has 1 saturated heterocycles. The SMILES string of the molecule is CCN(c1ccc(NC(=O)CN2C(=O)N[C@@](C)(c3ccccc3Br)C2=O)cc1)C(C)C. The van der Waals surface area contributed by atoms with Gasteiger partial charge in [0, 0.05) is 34.0 Å². The molecule has 0 saturated carbocycles. The smallest absolute Gasteiger partial charge is 0.325 e. The lowest BCUT2D eigenvalue weighted by atomic mass is 9.92. The second-order valence-corrected chi connectivity index (χ2v) is 8.76. The van der Waals surface area contributed by atoms with Crippen molar-refractivity contribution in [1.82, 2.24) is 10.2 Å². The minimum atomic E-state index is -1.24. The summed E-state index contributed by atoms with van der Waals surface area (Å²) in [6.45, 7) is 8.50. The molecule has 8 heteroatoms. The van der Waals surface area contributed by atoms with E-state index in [1.54, 1.807) is 25.1 Å². The monoisotopic (exact) mass is 486 g/mol. The van der Waals surface area contributed by atoms with Crippen LogP contribution in [0.5, 0.6) is 0 Å². The Bertz CT molecular complexity index is 993. The lowest BCUT2D eigenvalue weighted by Crippen LogP contribution is -2.42. The zero-order valence-electron chi connectivity index (χ0n) is 18.1. The Morgan fingerprint density at radius 2 is 1.81 bits per heavy atom. The van der Waals surface area contributed by atoms with Gasteiger partial charge >= 0.3 is 6.03 Å². The first-order chi connectivity index (χ1) is 14.7. The topological polar surface area (TPSA) is 81.8 Å². The molecule has 1 aliphatic heterocycles. The fraction of sp³-hybridized carbons (Fsp3) is 0.348. The number of carbonyl (C=O) groups excluding carboxylic acids is 3. The second kappa shape index (κ2) is 9.09. The third-order valence-electron chi connectivity index (χ3n) is 5.44. The molecule has 0 unspecified atom stereocenters. The third kappa shape index (κ3) is 4.58. The van der Waals surface area contributed by atoms with E-state index in [2.05, 4.69) is 52.2 Å². The van der Waals surface area contributed by atoms with Gasteiger partial charge in [0.15, 0.2) is 0 Å². The first-order valence-electron chi connectivity index (χ1n) is 10.2. The molecule has 1 atom stereocenters. The average molecular weight is 487 g/mol. The van der Waals surface area contributed by atoms with Crippen LogP contribution in [-0.2, 0) is 15.1 Å². The maximum Gasteiger partial charge on any atom is 0.325 e. The van der Waals surface area contributed by atoms with Crippen molar-refractivity contribution >= 4 is 45.2 Å². The van der Waals surface area contributed by atoms with Crippen LogP contribution in [0.15, 0.2) is 53.0 Å². The Labute approximate surface area is 190 Å². The summed E-state index contributed by atoms with van der Waals surface area (Å²) in [4.78, 5) is 41.2. The van der Waals surface area contributed by atoms with Crippen LogP contribution in [-0.4, -0.2) is 41.9 Å². The lowest BCUT2D eigenvalue weighted by Gasteiger charge is -2.27. The predicted octanol–water partition coefficient (Wildman–Crippen LogP) is 4.09. The van der Waals surface area contributed by atoms with Crippen molar-refractivity contribution in [3.63, 3.8) is 0 Å². The number of hydrogen-bond acceptors (Lipinski definition) is 4. The number of nitrogens with one attached hydrogen (secondary N) is 2. The summed E-state index contributed by atoms with van der Waals surface area (Å²) in [5.41, 5.74) is 1.07. The van der Waals surface area contributed by atoms with Gasteiger partial charge in [-0.2, -0.15) is 0 Å². The summed E-state index contributed by atoms with van der Waals surface area (Å²) in [6.07, 6.45) is 0. The van der Waals surface area contributed by atoms with Crippen LogP contribution >= 0.6 is 15.9 Å². The standard InChI is InChI=1S/C23H27BrN4O3/c1-5-27(15(2)3)17-12-10-16(11-13-17)25-20(29)14-28-21(30)23(4,26-22(28)31)18-8-6-7-9-19(18)24/h6-13,15H,5,14H2,1-4H3,(H,25,29)(H,26,31)/t23-/m0/s1. The molecule has 3 rings (SSSR count). The Morgan fingerprint density at radius 3 is 2.39 bits per heavy atom. The van der Waals surface area contributed by atoms with Crippen LogP contribution in [0.1, 0.15) is 33.3 Å². The first-order valence-corrected chi connectivity index (χ1v) is 11.0. The van der Waals surface area contributed by atoms with Crippen LogP contribution in [0.25, 0.3) is 0 Å². The largest absolute Gasteiger partial charge is 0.369 e. The minimum absolute atomic E-state index is 0.362. The highest BCUT2D eigenvalue weighted by Crippen LogP contribution is 2.33. The molecule has 7 nitrogen and oxygen atoms in total. The van der Waals surface area contributed by atoms with Gasteiger partial charge in [-0.15, -0.1) is 0 Å². The summed E-state index contributed by atoms with van der Waals surface area (Å²) >= 11 is 3.43. The van der Waals surface area contributed by atoms with Crippen LogP contribution in [0, 0.1) is 0 Å². The highest BCUT2D eigenvalue weighted by atomic mass is 79.9. The predicted molar refractivity (Wildman–Crippen MR) is 125 cm³/mol. The van der Waals surface area contributed by atoms with E-state index in [1.807, 2.05) is 30.3 Å². The molecule has 0 spiro atoms. The lowest BCUT2D eigenvalue weighted by molar-refractivity contribution is -0.133. The van der Waals surface area contributed by atoms with E-state index in [0.717, 1.165) is 17.1 Å². The highest BCUT2D eigenvalue weighted by Gasteiger charge is 2.50. The van der Waals surface area contributed by atoms with Crippen molar-refractivity contribution in [2.45, 2.75) is 39.3 Å².